The minimum absolute atomic E-state index is 0.0752. The molecule has 11 heteroatoms. The third-order valence-corrected chi connectivity index (χ3v) is 9.26. The highest BCUT2D eigenvalue weighted by Crippen LogP contribution is 2.32. The molecule has 0 spiro atoms. The molecule has 2 aromatic heterocycles. The van der Waals surface area contributed by atoms with Crippen molar-refractivity contribution in [2.24, 2.45) is 0 Å². The lowest BCUT2D eigenvalue weighted by molar-refractivity contribution is -0.132. The van der Waals surface area contributed by atoms with E-state index in [9.17, 15) is 9.59 Å². The number of nitrogens with zero attached hydrogens (tertiary/aromatic N) is 3. The van der Waals surface area contributed by atoms with E-state index in [2.05, 4.69) is 15.3 Å². The highest BCUT2D eigenvalue weighted by Gasteiger charge is 2.18. The number of thiazole rings is 2. The second-order valence-electron chi connectivity index (χ2n) is 7.23. The Bertz CT molecular complexity index is 1270. The van der Waals surface area contributed by atoms with Gasteiger partial charge >= 0.3 is 0 Å². The molecule has 4 aromatic rings. The second kappa shape index (κ2) is 10.4. The number of para-hydroxylation sites is 1. The molecular formula is C22H20N4O3S4. The molecule has 1 aliphatic heterocycles. The smallest absolute Gasteiger partial charge is 0.234 e. The molecule has 0 bridgehead atoms. The number of morpholine rings is 1. The van der Waals surface area contributed by atoms with E-state index >= 15 is 0 Å². The van der Waals surface area contributed by atoms with Crippen molar-refractivity contribution in [1.29, 1.82) is 0 Å². The van der Waals surface area contributed by atoms with Crippen molar-refractivity contribution < 1.29 is 14.3 Å². The number of aromatic nitrogens is 2. The first-order valence-electron chi connectivity index (χ1n) is 10.3. The Morgan fingerprint density at radius 1 is 0.939 bits per heavy atom. The van der Waals surface area contributed by atoms with Crippen molar-refractivity contribution in [2.75, 3.05) is 43.1 Å². The summed E-state index contributed by atoms with van der Waals surface area (Å²) in [5.41, 5.74) is 2.56. The Balaban J connectivity index is 1.16. The van der Waals surface area contributed by atoms with E-state index in [0.29, 0.717) is 37.8 Å². The number of rotatable bonds is 7. The fraction of sp³-hybridized carbons (Fsp3) is 0.273. The molecule has 33 heavy (non-hydrogen) atoms. The molecule has 1 fully saturated rings. The Morgan fingerprint density at radius 3 is 2.42 bits per heavy atom. The summed E-state index contributed by atoms with van der Waals surface area (Å²) in [6.07, 6.45) is 0. The van der Waals surface area contributed by atoms with Crippen molar-refractivity contribution in [3.05, 3.63) is 42.5 Å². The topological polar surface area (TPSA) is 84.4 Å². The van der Waals surface area contributed by atoms with Gasteiger partial charge in [-0.2, -0.15) is 0 Å². The minimum Gasteiger partial charge on any atom is -0.378 e. The standard InChI is InChI=1S/C22H20N4O3S4/c27-19(12-30-21-24-15-3-1-2-4-17(15)32-21)23-14-5-6-16-18(11-14)33-22(25-16)31-13-20(28)26-7-9-29-10-8-26/h1-6,11H,7-10,12-13H2,(H,23,27). The monoisotopic (exact) mass is 516 g/mol. The van der Waals surface area contributed by atoms with Crippen molar-refractivity contribution in [3.8, 4) is 0 Å². The van der Waals surface area contributed by atoms with Gasteiger partial charge in [-0.1, -0.05) is 35.7 Å². The maximum Gasteiger partial charge on any atom is 0.234 e. The molecule has 0 aliphatic carbocycles. The van der Waals surface area contributed by atoms with Gasteiger partial charge in [0.2, 0.25) is 11.8 Å². The number of nitrogens with one attached hydrogen (secondary N) is 1. The number of carbonyl (C=O) groups is 2. The average molecular weight is 517 g/mol. The van der Waals surface area contributed by atoms with Gasteiger partial charge in [-0.3, -0.25) is 9.59 Å². The molecule has 1 aliphatic rings. The van der Waals surface area contributed by atoms with Crippen LogP contribution in [0.15, 0.2) is 51.1 Å². The van der Waals surface area contributed by atoms with Gasteiger partial charge in [0.15, 0.2) is 8.68 Å². The molecule has 0 unspecified atom stereocenters. The summed E-state index contributed by atoms with van der Waals surface area (Å²) >= 11 is 6.02. The molecule has 0 atom stereocenters. The number of anilines is 1. The number of fused-ring (bicyclic) bond motifs is 2. The summed E-state index contributed by atoms with van der Waals surface area (Å²) in [6, 6.07) is 13.7. The molecule has 0 radical (unpaired) electrons. The molecule has 2 amide bonds. The van der Waals surface area contributed by atoms with Crippen LogP contribution in [-0.2, 0) is 14.3 Å². The Hall–Kier alpha value is -2.18. The number of carbonyl (C=O) groups excluding carboxylic acids is 2. The molecule has 1 saturated heterocycles. The fourth-order valence-corrected chi connectivity index (χ4v) is 7.19. The molecule has 170 valence electrons. The van der Waals surface area contributed by atoms with E-state index in [0.717, 1.165) is 34.8 Å². The largest absolute Gasteiger partial charge is 0.378 e. The zero-order chi connectivity index (χ0) is 22.6. The summed E-state index contributed by atoms with van der Waals surface area (Å²) in [5, 5.41) is 2.96. The molecule has 3 heterocycles. The highest BCUT2D eigenvalue weighted by atomic mass is 32.2. The van der Waals surface area contributed by atoms with Crippen LogP contribution in [0.4, 0.5) is 5.69 Å². The third-order valence-electron chi connectivity index (χ3n) is 4.94. The van der Waals surface area contributed by atoms with E-state index < -0.39 is 0 Å². The van der Waals surface area contributed by atoms with Gasteiger partial charge in [0.25, 0.3) is 0 Å². The number of amides is 2. The van der Waals surface area contributed by atoms with Crippen LogP contribution in [0, 0.1) is 0 Å². The van der Waals surface area contributed by atoms with Crippen LogP contribution >= 0.6 is 46.2 Å². The van der Waals surface area contributed by atoms with Crippen LogP contribution in [0.25, 0.3) is 20.4 Å². The summed E-state index contributed by atoms with van der Waals surface area (Å²) in [5.74, 6) is 0.701. The summed E-state index contributed by atoms with van der Waals surface area (Å²) in [4.78, 5) is 35.8. The van der Waals surface area contributed by atoms with Crippen LogP contribution in [0.2, 0.25) is 0 Å². The SMILES string of the molecule is O=C(CSc1nc2ccccc2s1)Nc1ccc2nc(SCC(=O)N3CCOCC3)sc2c1. The van der Waals surface area contributed by atoms with Crippen molar-refractivity contribution in [1.82, 2.24) is 14.9 Å². The first-order valence-corrected chi connectivity index (χ1v) is 13.9. The fourth-order valence-electron chi connectivity index (χ4n) is 3.31. The van der Waals surface area contributed by atoms with Gasteiger partial charge < -0.3 is 15.0 Å². The van der Waals surface area contributed by atoms with Gasteiger partial charge in [0, 0.05) is 18.8 Å². The van der Waals surface area contributed by atoms with E-state index in [1.54, 1.807) is 11.3 Å². The maximum atomic E-state index is 12.4. The molecule has 1 N–H and O–H groups in total. The molecule has 0 saturated carbocycles. The zero-order valence-electron chi connectivity index (χ0n) is 17.5. The van der Waals surface area contributed by atoms with Crippen molar-refractivity contribution >= 4 is 84.1 Å². The molecule has 5 rings (SSSR count). The van der Waals surface area contributed by atoms with Gasteiger partial charge in [-0.15, -0.1) is 22.7 Å². The average Bonchev–Trinajstić information content (AvgIpc) is 3.45. The van der Waals surface area contributed by atoms with Crippen LogP contribution < -0.4 is 5.32 Å². The van der Waals surface area contributed by atoms with Crippen molar-refractivity contribution in [3.63, 3.8) is 0 Å². The van der Waals surface area contributed by atoms with Crippen LogP contribution in [0.3, 0.4) is 0 Å². The number of hydrogen-bond acceptors (Lipinski definition) is 9. The van der Waals surface area contributed by atoms with Gasteiger partial charge in [-0.25, -0.2) is 9.97 Å². The third kappa shape index (κ3) is 5.67. The van der Waals surface area contributed by atoms with Crippen LogP contribution in [-0.4, -0.2) is 64.5 Å². The summed E-state index contributed by atoms with van der Waals surface area (Å²) in [6.45, 7) is 2.51. The van der Waals surface area contributed by atoms with Crippen LogP contribution in [0.5, 0.6) is 0 Å². The summed E-state index contributed by atoms with van der Waals surface area (Å²) in [7, 11) is 0. The van der Waals surface area contributed by atoms with E-state index in [4.69, 9.17) is 4.74 Å². The first-order chi connectivity index (χ1) is 16.1. The Morgan fingerprint density at radius 2 is 1.64 bits per heavy atom. The number of hydrogen-bond donors (Lipinski definition) is 1. The van der Waals surface area contributed by atoms with Crippen molar-refractivity contribution in [2.45, 2.75) is 8.68 Å². The lowest BCUT2D eigenvalue weighted by Crippen LogP contribution is -2.41. The molecule has 2 aromatic carbocycles. The zero-order valence-corrected chi connectivity index (χ0v) is 20.7. The minimum atomic E-state index is -0.0752. The van der Waals surface area contributed by atoms with Gasteiger partial charge in [0.05, 0.1) is 45.2 Å². The quantitative estimate of drug-likeness (QED) is 0.360. The van der Waals surface area contributed by atoms with Gasteiger partial charge in [0.1, 0.15) is 0 Å². The Labute approximate surface area is 206 Å². The highest BCUT2D eigenvalue weighted by molar-refractivity contribution is 8.02. The molecule has 7 nitrogen and oxygen atoms in total. The lowest BCUT2D eigenvalue weighted by Gasteiger charge is -2.26. The maximum absolute atomic E-state index is 12.4. The Kier molecular flexibility index (Phi) is 7.12. The first kappa shape index (κ1) is 22.6. The van der Waals surface area contributed by atoms with Gasteiger partial charge in [-0.05, 0) is 30.3 Å². The van der Waals surface area contributed by atoms with E-state index in [-0.39, 0.29) is 11.8 Å². The van der Waals surface area contributed by atoms with E-state index in [1.165, 1.54) is 34.9 Å². The predicted molar refractivity (Wildman–Crippen MR) is 137 cm³/mol. The molecular weight excluding hydrogens is 497 g/mol. The second-order valence-corrected chi connectivity index (χ2v) is 11.7. The lowest BCUT2D eigenvalue weighted by atomic mass is 10.3. The van der Waals surface area contributed by atoms with E-state index in [1.807, 2.05) is 47.4 Å². The number of benzene rings is 2. The van der Waals surface area contributed by atoms with Crippen LogP contribution in [0.1, 0.15) is 0 Å². The number of thioether (sulfide) groups is 2. The number of ether oxygens (including phenoxy) is 1. The summed E-state index contributed by atoms with van der Waals surface area (Å²) < 4.78 is 9.13. The predicted octanol–water partition coefficient (Wildman–Crippen LogP) is 4.59. The normalized spacial score (nSPS) is 14.1.